The van der Waals surface area contributed by atoms with Crippen molar-refractivity contribution in [2.24, 2.45) is 0 Å². The van der Waals surface area contributed by atoms with Gasteiger partial charge in [-0.25, -0.2) is 9.37 Å². The van der Waals surface area contributed by atoms with Gasteiger partial charge in [0.15, 0.2) is 0 Å². The lowest BCUT2D eigenvalue weighted by Crippen LogP contribution is -2.06. The summed E-state index contributed by atoms with van der Waals surface area (Å²) in [6, 6.07) is 12.8. The highest BCUT2D eigenvalue weighted by atomic mass is 35.5. The Morgan fingerprint density at radius 2 is 2.00 bits per heavy atom. The number of benzene rings is 2. The fourth-order valence-corrected chi connectivity index (χ4v) is 4.58. The molecule has 1 aliphatic rings. The second-order valence-corrected chi connectivity index (χ2v) is 6.93. The number of hydrogen-bond donors (Lipinski definition) is 0. The Hall–Kier alpha value is -1.52. The van der Waals surface area contributed by atoms with E-state index >= 15 is 0 Å². The molecule has 0 spiro atoms. The van der Waals surface area contributed by atoms with E-state index in [0.29, 0.717) is 10.6 Å². The van der Waals surface area contributed by atoms with Crippen LogP contribution in [0.2, 0.25) is 5.02 Å². The van der Waals surface area contributed by atoms with E-state index in [2.05, 4.69) is 16.5 Å². The predicted molar refractivity (Wildman–Crippen MR) is 85.3 cm³/mol. The van der Waals surface area contributed by atoms with Gasteiger partial charge in [-0.05, 0) is 31.2 Å². The molecular weight excluding hydrogens is 307 g/mol. The maximum Gasteiger partial charge on any atom is 0.130 e. The number of aromatic nitrogens is 2. The maximum absolute atomic E-state index is 14.3. The van der Waals surface area contributed by atoms with E-state index in [1.807, 2.05) is 24.3 Å². The number of fused-ring (bicyclic) bond motifs is 3. The second-order valence-electron chi connectivity index (χ2n) is 5.09. The Morgan fingerprint density at radius 1 is 1.19 bits per heavy atom. The van der Waals surface area contributed by atoms with Gasteiger partial charge in [-0.1, -0.05) is 29.8 Å². The highest BCUT2D eigenvalue weighted by Crippen LogP contribution is 2.51. The second kappa shape index (κ2) is 4.75. The van der Waals surface area contributed by atoms with E-state index in [9.17, 15) is 4.39 Å². The molecule has 5 heteroatoms. The molecule has 106 valence electrons. The molecule has 0 unspecified atom stereocenters. The van der Waals surface area contributed by atoms with Crippen molar-refractivity contribution in [3.8, 4) is 0 Å². The van der Waals surface area contributed by atoms with E-state index in [-0.39, 0.29) is 16.4 Å². The van der Waals surface area contributed by atoms with Gasteiger partial charge >= 0.3 is 0 Å². The standard InChI is InChI=1S/C16H12ClFN2S/c1-9-15-19-12-7-2-3-8-13(12)20(15)16(21-9)14-10(17)5-4-6-11(14)18/h2-9,16H,1H3/t9-,16+/m0/s1. The van der Waals surface area contributed by atoms with Crippen LogP contribution >= 0.6 is 23.4 Å². The van der Waals surface area contributed by atoms with E-state index in [1.54, 1.807) is 23.9 Å². The van der Waals surface area contributed by atoms with Crippen LogP contribution in [0.1, 0.15) is 28.9 Å². The van der Waals surface area contributed by atoms with Crippen molar-refractivity contribution in [2.75, 3.05) is 0 Å². The summed E-state index contributed by atoms with van der Waals surface area (Å²) in [5.74, 6) is 0.711. The van der Waals surface area contributed by atoms with Crippen molar-refractivity contribution >= 4 is 34.4 Å². The van der Waals surface area contributed by atoms with Gasteiger partial charge in [0.2, 0.25) is 0 Å². The van der Waals surface area contributed by atoms with Gasteiger partial charge in [-0.15, -0.1) is 11.8 Å². The van der Waals surface area contributed by atoms with Gasteiger partial charge in [0, 0.05) is 10.6 Å². The minimum atomic E-state index is -0.266. The minimum absolute atomic E-state index is 0.170. The molecule has 0 radical (unpaired) electrons. The molecule has 0 fully saturated rings. The van der Waals surface area contributed by atoms with Crippen LogP contribution in [0.4, 0.5) is 4.39 Å². The van der Waals surface area contributed by atoms with E-state index in [1.165, 1.54) is 6.07 Å². The molecule has 1 aliphatic heterocycles. The largest absolute Gasteiger partial charge is 0.310 e. The van der Waals surface area contributed by atoms with E-state index < -0.39 is 0 Å². The Balaban J connectivity index is 1.99. The minimum Gasteiger partial charge on any atom is -0.310 e. The van der Waals surface area contributed by atoms with Gasteiger partial charge in [0.05, 0.1) is 16.3 Å². The Bertz CT molecular complexity index is 825. The lowest BCUT2D eigenvalue weighted by molar-refractivity contribution is 0.599. The molecule has 0 N–H and O–H groups in total. The molecular formula is C16H12ClFN2S. The molecule has 0 saturated carbocycles. The third-order valence-corrected chi connectivity index (χ3v) is 5.45. The third kappa shape index (κ3) is 1.89. The monoisotopic (exact) mass is 318 g/mol. The van der Waals surface area contributed by atoms with Crippen molar-refractivity contribution in [3.05, 3.63) is 64.7 Å². The van der Waals surface area contributed by atoms with Crippen molar-refractivity contribution < 1.29 is 4.39 Å². The number of rotatable bonds is 1. The van der Waals surface area contributed by atoms with Crippen LogP contribution in [-0.4, -0.2) is 9.55 Å². The summed E-state index contributed by atoms with van der Waals surface area (Å²) in [6.45, 7) is 2.09. The number of imidazole rings is 1. The van der Waals surface area contributed by atoms with Gasteiger partial charge in [-0.3, -0.25) is 0 Å². The summed E-state index contributed by atoms with van der Waals surface area (Å²) < 4.78 is 16.4. The molecule has 1 aromatic heterocycles. The molecule has 0 amide bonds. The Labute approximate surface area is 130 Å². The van der Waals surface area contributed by atoms with Crippen LogP contribution in [0, 0.1) is 5.82 Å². The van der Waals surface area contributed by atoms with Gasteiger partial charge < -0.3 is 4.57 Å². The maximum atomic E-state index is 14.3. The van der Waals surface area contributed by atoms with Crippen LogP contribution in [0.5, 0.6) is 0 Å². The summed E-state index contributed by atoms with van der Waals surface area (Å²) in [5, 5.41) is 0.500. The Kier molecular flexibility index (Phi) is 2.98. The molecule has 21 heavy (non-hydrogen) atoms. The molecule has 2 aromatic carbocycles. The normalized spacial score (nSPS) is 20.9. The first kappa shape index (κ1) is 13.2. The van der Waals surface area contributed by atoms with Crippen molar-refractivity contribution in [2.45, 2.75) is 17.5 Å². The third-order valence-electron chi connectivity index (χ3n) is 3.80. The number of thioether (sulfide) groups is 1. The summed E-state index contributed by atoms with van der Waals surface area (Å²) in [5.41, 5.74) is 2.50. The van der Waals surface area contributed by atoms with Crippen molar-refractivity contribution in [3.63, 3.8) is 0 Å². The van der Waals surface area contributed by atoms with Crippen LogP contribution in [0.15, 0.2) is 42.5 Å². The number of para-hydroxylation sites is 2. The fourth-order valence-electron chi connectivity index (χ4n) is 2.86. The summed E-state index contributed by atoms with van der Waals surface area (Å²) >= 11 is 7.93. The number of nitrogens with zero attached hydrogens (tertiary/aromatic N) is 2. The first-order valence-electron chi connectivity index (χ1n) is 6.73. The lowest BCUT2D eigenvalue weighted by atomic mass is 10.2. The molecule has 2 nitrogen and oxygen atoms in total. The van der Waals surface area contributed by atoms with Crippen LogP contribution < -0.4 is 0 Å². The average Bonchev–Trinajstić information content (AvgIpc) is 2.98. The lowest BCUT2D eigenvalue weighted by Gasteiger charge is -2.16. The zero-order chi connectivity index (χ0) is 14.6. The molecule has 3 aromatic rings. The highest BCUT2D eigenvalue weighted by Gasteiger charge is 2.35. The van der Waals surface area contributed by atoms with Crippen molar-refractivity contribution in [1.29, 1.82) is 0 Å². The van der Waals surface area contributed by atoms with Gasteiger partial charge in [0.25, 0.3) is 0 Å². The molecule has 0 saturated heterocycles. The molecule has 2 atom stereocenters. The Morgan fingerprint density at radius 3 is 2.81 bits per heavy atom. The first-order valence-corrected chi connectivity index (χ1v) is 8.05. The molecule has 0 bridgehead atoms. The van der Waals surface area contributed by atoms with E-state index in [0.717, 1.165) is 16.9 Å². The summed E-state index contributed by atoms with van der Waals surface area (Å²) in [6.07, 6.45) is 0. The topological polar surface area (TPSA) is 17.8 Å². The molecule has 0 aliphatic carbocycles. The number of halogens is 2. The quantitative estimate of drug-likeness (QED) is 0.615. The SMILES string of the molecule is C[C@@H]1S[C@H](c2c(F)cccc2Cl)n2c1nc1ccccc12. The van der Waals surface area contributed by atoms with Crippen molar-refractivity contribution in [1.82, 2.24) is 9.55 Å². The van der Waals surface area contributed by atoms with Crippen LogP contribution in [-0.2, 0) is 0 Å². The fraction of sp³-hybridized carbons (Fsp3) is 0.188. The van der Waals surface area contributed by atoms with Gasteiger partial charge in [0.1, 0.15) is 17.0 Å². The van der Waals surface area contributed by atoms with Crippen LogP contribution in [0.25, 0.3) is 11.0 Å². The van der Waals surface area contributed by atoms with Crippen LogP contribution in [0.3, 0.4) is 0 Å². The van der Waals surface area contributed by atoms with E-state index in [4.69, 9.17) is 11.6 Å². The molecule has 2 heterocycles. The summed E-state index contributed by atoms with van der Waals surface area (Å²) in [7, 11) is 0. The smallest absolute Gasteiger partial charge is 0.130 e. The summed E-state index contributed by atoms with van der Waals surface area (Å²) in [4.78, 5) is 4.69. The predicted octanol–water partition coefficient (Wildman–Crippen LogP) is 5.18. The number of hydrogen-bond acceptors (Lipinski definition) is 2. The first-order chi connectivity index (χ1) is 10.2. The average molecular weight is 319 g/mol. The molecule has 4 rings (SSSR count). The zero-order valence-corrected chi connectivity index (χ0v) is 12.8. The zero-order valence-electron chi connectivity index (χ0n) is 11.3. The highest BCUT2D eigenvalue weighted by molar-refractivity contribution is 8.00. The van der Waals surface area contributed by atoms with Gasteiger partial charge in [-0.2, -0.15) is 0 Å².